The molecule has 0 atom stereocenters. The van der Waals surface area contributed by atoms with Crippen molar-refractivity contribution in [3.05, 3.63) is 66.0 Å². The Kier molecular flexibility index (Phi) is 6.38. The van der Waals surface area contributed by atoms with Gasteiger partial charge in [-0.1, -0.05) is 0 Å². The van der Waals surface area contributed by atoms with Crippen LogP contribution in [0.3, 0.4) is 0 Å². The maximum Gasteiger partial charge on any atom is 0.243 e. The van der Waals surface area contributed by atoms with E-state index in [1.165, 1.54) is 22.5 Å². The summed E-state index contributed by atoms with van der Waals surface area (Å²) < 4.78 is 46.2. The zero-order valence-corrected chi connectivity index (χ0v) is 18.8. The van der Waals surface area contributed by atoms with Gasteiger partial charge in [0.1, 0.15) is 11.6 Å². The van der Waals surface area contributed by atoms with Crippen molar-refractivity contribution in [1.29, 1.82) is 0 Å². The van der Waals surface area contributed by atoms with Crippen LogP contribution in [0.2, 0.25) is 0 Å². The molecule has 0 radical (unpaired) electrons. The molecule has 32 heavy (non-hydrogen) atoms. The minimum absolute atomic E-state index is 0.115. The molecule has 1 fully saturated rings. The summed E-state index contributed by atoms with van der Waals surface area (Å²) in [5.74, 6) is 1.10. The summed E-state index contributed by atoms with van der Waals surface area (Å²) in [5, 5.41) is 8.67. The number of hydrogen-bond donors (Lipinski definition) is 0. The second-order valence-corrected chi connectivity index (χ2v) is 9.47. The van der Waals surface area contributed by atoms with E-state index >= 15 is 0 Å². The number of hydrogen-bond acceptors (Lipinski definition) is 6. The first kappa shape index (κ1) is 22.2. The Hall–Kier alpha value is -3.04. The summed E-state index contributed by atoms with van der Waals surface area (Å²) in [7, 11) is -3.66. The van der Waals surface area contributed by atoms with Crippen LogP contribution in [0.4, 0.5) is 10.2 Å². The molecule has 0 amide bonds. The molecular weight excluding hydrogens is 431 g/mol. The van der Waals surface area contributed by atoms with Crippen LogP contribution in [-0.2, 0) is 10.0 Å². The molecule has 168 valence electrons. The van der Waals surface area contributed by atoms with Crippen molar-refractivity contribution in [3.63, 3.8) is 0 Å². The van der Waals surface area contributed by atoms with Gasteiger partial charge in [0, 0.05) is 31.7 Å². The number of anilines is 1. The molecule has 3 aromatic rings. The van der Waals surface area contributed by atoms with E-state index in [0.29, 0.717) is 44.2 Å². The number of aryl methyl sites for hydroxylation is 1. The van der Waals surface area contributed by atoms with Gasteiger partial charge in [0.05, 0.1) is 17.2 Å². The molecule has 7 nitrogen and oxygen atoms in total. The highest BCUT2D eigenvalue weighted by Crippen LogP contribution is 2.24. The van der Waals surface area contributed by atoms with Crippen LogP contribution >= 0.6 is 0 Å². The fourth-order valence-corrected chi connectivity index (χ4v) is 5.13. The molecule has 1 saturated heterocycles. The van der Waals surface area contributed by atoms with E-state index in [1.54, 1.807) is 6.92 Å². The Labute approximate surface area is 187 Å². The summed E-state index contributed by atoms with van der Waals surface area (Å²) in [5.41, 5.74) is 2.01. The van der Waals surface area contributed by atoms with Crippen LogP contribution in [0.5, 0.6) is 5.75 Å². The Morgan fingerprint density at radius 2 is 1.69 bits per heavy atom. The average Bonchev–Trinajstić information content (AvgIpc) is 2.82. The highest BCUT2D eigenvalue weighted by molar-refractivity contribution is 7.89. The first-order valence-corrected chi connectivity index (χ1v) is 11.9. The fourth-order valence-electron chi connectivity index (χ4n) is 3.62. The van der Waals surface area contributed by atoms with Gasteiger partial charge in [-0.15, -0.1) is 10.2 Å². The predicted molar refractivity (Wildman–Crippen MR) is 121 cm³/mol. The Morgan fingerprint density at radius 3 is 2.28 bits per heavy atom. The van der Waals surface area contributed by atoms with Gasteiger partial charge in [0.2, 0.25) is 10.0 Å². The molecule has 0 spiro atoms. The molecule has 2 heterocycles. The Morgan fingerprint density at radius 1 is 0.969 bits per heavy atom. The van der Waals surface area contributed by atoms with Crippen molar-refractivity contribution in [1.82, 2.24) is 14.5 Å². The van der Waals surface area contributed by atoms with Crippen molar-refractivity contribution < 1.29 is 17.5 Å². The summed E-state index contributed by atoms with van der Waals surface area (Å²) in [4.78, 5) is 2.13. The third kappa shape index (κ3) is 4.58. The second kappa shape index (κ2) is 9.22. The predicted octanol–water partition coefficient (Wildman–Crippen LogP) is 3.50. The van der Waals surface area contributed by atoms with Crippen LogP contribution in [0.25, 0.3) is 11.3 Å². The van der Waals surface area contributed by atoms with E-state index in [1.807, 2.05) is 48.2 Å². The zero-order valence-electron chi connectivity index (χ0n) is 18.0. The quantitative estimate of drug-likeness (QED) is 0.565. The number of nitrogens with zero attached hydrogens (tertiary/aromatic N) is 4. The van der Waals surface area contributed by atoms with E-state index < -0.39 is 15.8 Å². The molecule has 1 aromatic heterocycles. The number of halogens is 1. The molecule has 0 N–H and O–H groups in total. The molecule has 0 aliphatic carbocycles. The van der Waals surface area contributed by atoms with Crippen LogP contribution in [-0.4, -0.2) is 55.7 Å². The van der Waals surface area contributed by atoms with E-state index in [-0.39, 0.29) is 4.90 Å². The molecular formula is C23H25FN4O3S. The van der Waals surface area contributed by atoms with Crippen molar-refractivity contribution in [2.75, 3.05) is 37.7 Å². The molecule has 9 heteroatoms. The highest BCUT2D eigenvalue weighted by atomic mass is 32.2. The highest BCUT2D eigenvalue weighted by Gasteiger charge is 2.29. The number of ether oxygens (including phenoxy) is 1. The summed E-state index contributed by atoms with van der Waals surface area (Å²) in [6, 6.07) is 15.4. The van der Waals surface area contributed by atoms with Gasteiger partial charge in [-0.05, 0) is 74.0 Å². The smallest absolute Gasteiger partial charge is 0.243 e. The zero-order chi connectivity index (χ0) is 22.7. The first-order chi connectivity index (χ1) is 15.4. The second-order valence-electron chi connectivity index (χ2n) is 7.54. The minimum atomic E-state index is -3.66. The minimum Gasteiger partial charge on any atom is -0.494 e. The van der Waals surface area contributed by atoms with Crippen molar-refractivity contribution in [2.45, 2.75) is 18.7 Å². The molecule has 1 aliphatic rings. The number of benzene rings is 2. The van der Waals surface area contributed by atoms with Gasteiger partial charge in [-0.3, -0.25) is 0 Å². The normalized spacial score (nSPS) is 15.0. The lowest BCUT2D eigenvalue weighted by atomic mass is 10.1. The maximum atomic E-state index is 13.5. The summed E-state index contributed by atoms with van der Waals surface area (Å²) in [6.07, 6.45) is 0. The molecule has 2 aromatic carbocycles. The van der Waals surface area contributed by atoms with Gasteiger partial charge in [-0.2, -0.15) is 4.31 Å². The van der Waals surface area contributed by atoms with Gasteiger partial charge in [0.25, 0.3) is 0 Å². The molecule has 0 saturated carbocycles. The monoisotopic (exact) mass is 456 g/mol. The number of piperazine rings is 1. The van der Waals surface area contributed by atoms with Crippen LogP contribution < -0.4 is 9.64 Å². The average molecular weight is 457 g/mol. The first-order valence-electron chi connectivity index (χ1n) is 10.5. The van der Waals surface area contributed by atoms with Crippen molar-refractivity contribution >= 4 is 15.8 Å². The van der Waals surface area contributed by atoms with E-state index in [9.17, 15) is 12.8 Å². The van der Waals surface area contributed by atoms with Gasteiger partial charge < -0.3 is 9.64 Å². The molecule has 1 aliphatic heterocycles. The standard InChI is InChI=1S/C23H25FN4O3S/c1-3-31-19-6-4-18(5-7-19)22-10-11-23(26-25-22)27-12-14-28(15-13-27)32(29,30)20-8-9-21(24)17(2)16-20/h4-11,16H,3,12-15H2,1-2H3. The number of rotatable bonds is 6. The van der Waals surface area contributed by atoms with Gasteiger partial charge in [0.15, 0.2) is 5.82 Å². The third-order valence-electron chi connectivity index (χ3n) is 5.44. The third-order valence-corrected chi connectivity index (χ3v) is 7.34. The Bertz CT molecular complexity index is 1180. The lowest BCUT2D eigenvalue weighted by Crippen LogP contribution is -2.49. The van der Waals surface area contributed by atoms with Crippen molar-refractivity contribution in [2.24, 2.45) is 0 Å². The van der Waals surface area contributed by atoms with E-state index in [2.05, 4.69) is 10.2 Å². The van der Waals surface area contributed by atoms with Crippen molar-refractivity contribution in [3.8, 4) is 17.0 Å². The molecule has 4 rings (SSSR count). The molecule has 0 unspecified atom stereocenters. The lowest BCUT2D eigenvalue weighted by Gasteiger charge is -2.34. The summed E-state index contributed by atoms with van der Waals surface area (Å²) in [6.45, 7) is 5.75. The SMILES string of the molecule is CCOc1ccc(-c2ccc(N3CCN(S(=O)(=O)c4ccc(F)c(C)c4)CC3)nn2)cc1. The van der Waals surface area contributed by atoms with Crippen LogP contribution in [0.1, 0.15) is 12.5 Å². The number of aromatic nitrogens is 2. The lowest BCUT2D eigenvalue weighted by molar-refractivity contribution is 0.340. The van der Waals surface area contributed by atoms with E-state index in [4.69, 9.17) is 4.74 Å². The van der Waals surface area contributed by atoms with Crippen LogP contribution in [0.15, 0.2) is 59.5 Å². The molecule has 0 bridgehead atoms. The number of sulfonamides is 1. The topological polar surface area (TPSA) is 75.6 Å². The van der Waals surface area contributed by atoms with E-state index in [0.717, 1.165) is 17.0 Å². The van der Waals surface area contributed by atoms with Gasteiger partial charge in [-0.25, -0.2) is 12.8 Å². The largest absolute Gasteiger partial charge is 0.494 e. The fraction of sp³-hybridized carbons (Fsp3) is 0.304. The maximum absolute atomic E-state index is 13.5. The summed E-state index contributed by atoms with van der Waals surface area (Å²) >= 11 is 0. The Balaban J connectivity index is 1.41. The van der Waals surface area contributed by atoms with Crippen LogP contribution in [0, 0.1) is 12.7 Å². The van der Waals surface area contributed by atoms with Gasteiger partial charge >= 0.3 is 0 Å².